The lowest BCUT2D eigenvalue weighted by molar-refractivity contribution is -0.317. The Bertz CT molecular complexity index is 136. The minimum absolute atomic E-state index is 0.482. The molecule has 4 nitrogen and oxygen atoms in total. The van der Waals surface area contributed by atoms with Gasteiger partial charge in [-0.15, -0.1) is 0 Å². The summed E-state index contributed by atoms with van der Waals surface area (Å²) in [4.78, 5) is 8.63. The molecular weight excluding hydrogens is 184 g/mol. The molecule has 0 heterocycles. The van der Waals surface area contributed by atoms with Crippen molar-refractivity contribution in [3.8, 4) is 0 Å². The van der Waals surface area contributed by atoms with Crippen LogP contribution in [0.2, 0.25) is 0 Å². The van der Waals surface area contributed by atoms with Crippen molar-refractivity contribution in [1.82, 2.24) is 0 Å². The van der Waals surface area contributed by atoms with Gasteiger partial charge in [0.25, 0.3) is 0 Å². The second-order valence-corrected chi connectivity index (χ2v) is 4.91. The number of rotatable bonds is 7. The first-order valence-corrected chi connectivity index (χ1v) is 4.98. The average molecular weight is 206 g/mol. The highest BCUT2D eigenvalue weighted by molar-refractivity contribution is 4.70. The van der Waals surface area contributed by atoms with Gasteiger partial charge in [0.05, 0.1) is 11.2 Å². The Balaban J connectivity index is 3.57. The Hall–Kier alpha value is -0.160. The summed E-state index contributed by atoms with van der Waals surface area (Å²) in [6.07, 6.45) is 3.43. The van der Waals surface area contributed by atoms with Crippen LogP contribution in [0.5, 0.6) is 0 Å². The van der Waals surface area contributed by atoms with Crippen LogP contribution in [0, 0.1) is 0 Å². The van der Waals surface area contributed by atoms with Gasteiger partial charge in [0, 0.05) is 0 Å². The third-order valence-corrected chi connectivity index (χ3v) is 2.30. The van der Waals surface area contributed by atoms with Gasteiger partial charge in [0.1, 0.15) is 0 Å². The summed E-state index contributed by atoms with van der Waals surface area (Å²) >= 11 is 0. The van der Waals surface area contributed by atoms with Crippen molar-refractivity contribution in [2.75, 3.05) is 0 Å². The molecule has 0 aliphatic rings. The van der Waals surface area contributed by atoms with E-state index in [1.807, 2.05) is 27.7 Å². The first kappa shape index (κ1) is 13.8. The third-order valence-electron chi connectivity index (χ3n) is 2.30. The third kappa shape index (κ3) is 6.32. The largest absolute Gasteiger partial charge is 0.251 e. The molecule has 4 heteroatoms. The smallest absolute Gasteiger partial charge is 0.0977 e. The van der Waals surface area contributed by atoms with E-state index >= 15 is 0 Å². The maximum Gasteiger partial charge on any atom is 0.0977 e. The van der Waals surface area contributed by atoms with Gasteiger partial charge in [-0.05, 0) is 40.5 Å². The van der Waals surface area contributed by atoms with Crippen LogP contribution in [0.1, 0.15) is 53.4 Å². The fourth-order valence-electron chi connectivity index (χ4n) is 1.19. The Morgan fingerprint density at radius 1 is 0.786 bits per heavy atom. The molecule has 0 rings (SSSR count). The zero-order valence-corrected chi connectivity index (χ0v) is 9.54. The zero-order chi connectivity index (χ0) is 11.2. The van der Waals surface area contributed by atoms with Crippen molar-refractivity contribution in [2.45, 2.75) is 64.6 Å². The van der Waals surface area contributed by atoms with Gasteiger partial charge in [0.2, 0.25) is 0 Å². The van der Waals surface area contributed by atoms with Gasteiger partial charge >= 0.3 is 0 Å². The maximum atomic E-state index is 8.53. The SMILES string of the molecule is CC(C)(CCCCC(C)(C)OO)OO. The van der Waals surface area contributed by atoms with E-state index < -0.39 is 11.2 Å². The van der Waals surface area contributed by atoms with Crippen LogP contribution < -0.4 is 0 Å². The minimum Gasteiger partial charge on any atom is -0.251 e. The van der Waals surface area contributed by atoms with Crippen LogP contribution in [0.3, 0.4) is 0 Å². The summed E-state index contributed by atoms with van der Waals surface area (Å²) in [6.45, 7) is 7.34. The average Bonchev–Trinajstić information content (AvgIpc) is 2.13. The van der Waals surface area contributed by atoms with E-state index in [2.05, 4.69) is 9.78 Å². The molecular formula is C10H22O4. The van der Waals surface area contributed by atoms with Crippen molar-refractivity contribution >= 4 is 0 Å². The first-order valence-electron chi connectivity index (χ1n) is 4.98. The van der Waals surface area contributed by atoms with Gasteiger partial charge in [0.15, 0.2) is 0 Å². The molecule has 0 aromatic carbocycles. The lowest BCUT2D eigenvalue weighted by Gasteiger charge is -2.22. The standard InChI is InChI=1S/C10H22O4/c1-9(2,13-11)7-5-6-8-10(3,4)14-12/h11-12H,5-8H2,1-4H3. The fourth-order valence-corrected chi connectivity index (χ4v) is 1.19. The van der Waals surface area contributed by atoms with Crippen LogP contribution in [0.25, 0.3) is 0 Å². The molecule has 0 amide bonds. The predicted molar refractivity (Wildman–Crippen MR) is 54.1 cm³/mol. The van der Waals surface area contributed by atoms with Crippen LogP contribution in [0.15, 0.2) is 0 Å². The highest BCUT2D eigenvalue weighted by atomic mass is 17.1. The van der Waals surface area contributed by atoms with Gasteiger partial charge in [-0.3, -0.25) is 10.5 Å². The lowest BCUT2D eigenvalue weighted by atomic mass is 9.96. The molecule has 0 aromatic rings. The minimum atomic E-state index is -0.482. The van der Waals surface area contributed by atoms with E-state index in [0.717, 1.165) is 25.7 Å². The molecule has 0 atom stereocenters. The highest BCUT2D eigenvalue weighted by Gasteiger charge is 2.20. The van der Waals surface area contributed by atoms with Crippen LogP contribution in [-0.2, 0) is 9.78 Å². The van der Waals surface area contributed by atoms with Crippen molar-refractivity contribution < 1.29 is 20.3 Å². The second kappa shape index (κ2) is 5.66. The van der Waals surface area contributed by atoms with E-state index in [1.54, 1.807) is 0 Å². The normalized spacial score (nSPS) is 13.3. The van der Waals surface area contributed by atoms with E-state index in [9.17, 15) is 0 Å². The zero-order valence-electron chi connectivity index (χ0n) is 9.54. The van der Waals surface area contributed by atoms with Gasteiger partial charge in [-0.1, -0.05) is 12.8 Å². The Morgan fingerprint density at radius 2 is 1.07 bits per heavy atom. The molecule has 0 unspecified atom stereocenters. The topological polar surface area (TPSA) is 58.9 Å². The molecule has 0 bridgehead atoms. The Labute approximate surface area is 85.7 Å². The molecule has 0 aliphatic heterocycles. The fraction of sp³-hybridized carbons (Fsp3) is 1.00. The molecule has 86 valence electrons. The van der Waals surface area contributed by atoms with Crippen LogP contribution in [0.4, 0.5) is 0 Å². The molecule has 0 saturated heterocycles. The summed E-state index contributed by atoms with van der Waals surface area (Å²) in [5.41, 5.74) is -0.964. The van der Waals surface area contributed by atoms with Crippen molar-refractivity contribution in [3.05, 3.63) is 0 Å². The summed E-state index contributed by atoms with van der Waals surface area (Å²) in [7, 11) is 0. The van der Waals surface area contributed by atoms with Crippen molar-refractivity contribution in [3.63, 3.8) is 0 Å². The Kier molecular flexibility index (Phi) is 5.59. The first-order chi connectivity index (χ1) is 6.33. The van der Waals surface area contributed by atoms with E-state index in [4.69, 9.17) is 10.5 Å². The number of hydrogen-bond acceptors (Lipinski definition) is 4. The molecule has 0 aliphatic carbocycles. The highest BCUT2D eigenvalue weighted by Crippen LogP contribution is 2.21. The molecule has 0 spiro atoms. The molecule has 2 N–H and O–H groups in total. The molecule has 0 radical (unpaired) electrons. The van der Waals surface area contributed by atoms with Crippen LogP contribution >= 0.6 is 0 Å². The summed E-state index contributed by atoms with van der Waals surface area (Å²) in [6, 6.07) is 0. The van der Waals surface area contributed by atoms with Crippen LogP contribution in [-0.4, -0.2) is 21.7 Å². The summed E-state index contributed by atoms with van der Waals surface area (Å²) < 4.78 is 0. The number of hydrogen-bond donors (Lipinski definition) is 2. The maximum absolute atomic E-state index is 8.53. The molecule has 14 heavy (non-hydrogen) atoms. The molecule has 0 aromatic heterocycles. The van der Waals surface area contributed by atoms with Gasteiger partial charge in [-0.25, -0.2) is 9.78 Å². The summed E-state index contributed by atoms with van der Waals surface area (Å²) in [5.74, 6) is 0. The van der Waals surface area contributed by atoms with E-state index in [0.29, 0.717) is 0 Å². The van der Waals surface area contributed by atoms with Gasteiger partial charge < -0.3 is 0 Å². The predicted octanol–water partition coefficient (Wildman–Crippen LogP) is 3.08. The van der Waals surface area contributed by atoms with Crippen molar-refractivity contribution in [1.29, 1.82) is 0 Å². The Morgan fingerprint density at radius 3 is 1.29 bits per heavy atom. The summed E-state index contributed by atoms with van der Waals surface area (Å²) in [5, 5.41) is 17.1. The van der Waals surface area contributed by atoms with Gasteiger partial charge in [-0.2, -0.15) is 0 Å². The number of unbranched alkanes of at least 4 members (excludes halogenated alkanes) is 1. The molecule has 0 fully saturated rings. The monoisotopic (exact) mass is 206 g/mol. The van der Waals surface area contributed by atoms with Crippen molar-refractivity contribution in [2.24, 2.45) is 0 Å². The lowest BCUT2D eigenvalue weighted by Crippen LogP contribution is -2.24. The van der Waals surface area contributed by atoms with E-state index in [-0.39, 0.29) is 0 Å². The quantitative estimate of drug-likeness (QED) is 0.382. The second-order valence-electron chi connectivity index (χ2n) is 4.91. The van der Waals surface area contributed by atoms with E-state index in [1.165, 1.54) is 0 Å². The molecule has 0 saturated carbocycles.